The molecule has 0 saturated carbocycles. The maximum absolute atomic E-state index is 4.40. The fourth-order valence-corrected chi connectivity index (χ4v) is 0.996. The first-order chi connectivity index (χ1) is 5.57. The van der Waals surface area contributed by atoms with Gasteiger partial charge in [0.1, 0.15) is 0 Å². The van der Waals surface area contributed by atoms with Gasteiger partial charge in [0.25, 0.3) is 0 Å². The first-order valence-electron chi connectivity index (χ1n) is 4.26. The summed E-state index contributed by atoms with van der Waals surface area (Å²) in [6, 6.07) is 0. The van der Waals surface area contributed by atoms with Gasteiger partial charge in [-0.2, -0.15) is 0 Å². The molecule has 0 heterocycles. The van der Waals surface area contributed by atoms with E-state index >= 15 is 0 Å². The van der Waals surface area contributed by atoms with Gasteiger partial charge >= 0.3 is 0 Å². The summed E-state index contributed by atoms with van der Waals surface area (Å²) in [5, 5.41) is 3.02. The van der Waals surface area contributed by atoms with Gasteiger partial charge in [-0.3, -0.25) is 0 Å². The van der Waals surface area contributed by atoms with Gasteiger partial charge < -0.3 is 5.32 Å². The SMILES string of the molecule is CN/C=C(\C)CCC(S)=C(C)C. The maximum Gasteiger partial charge on any atom is 0.00276 e. The van der Waals surface area contributed by atoms with Gasteiger partial charge in [0.15, 0.2) is 0 Å². The molecule has 0 radical (unpaired) electrons. The van der Waals surface area contributed by atoms with E-state index in [2.05, 4.69) is 38.7 Å². The summed E-state index contributed by atoms with van der Waals surface area (Å²) >= 11 is 4.40. The molecule has 0 spiro atoms. The second-order valence-electron chi connectivity index (χ2n) is 3.23. The van der Waals surface area contributed by atoms with E-state index in [4.69, 9.17) is 0 Å². The quantitative estimate of drug-likeness (QED) is 0.641. The average molecular weight is 185 g/mol. The molecular weight excluding hydrogens is 166 g/mol. The first kappa shape index (κ1) is 11.6. The van der Waals surface area contributed by atoms with Crippen molar-refractivity contribution < 1.29 is 0 Å². The van der Waals surface area contributed by atoms with Gasteiger partial charge in [-0.1, -0.05) is 11.1 Å². The van der Waals surface area contributed by atoms with Crippen LogP contribution in [0.5, 0.6) is 0 Å². The average Bonchev–Trinajstić information content (AvgIpc) is 2.00. The van der Waals surface area contributed by atoms with Crippen molar-refractivity contribution in [3.63, 3.8) is 0 Å². The highest BCUT2D eigenvalue weighted by molar-refractivity contribution is 7.84. The lowest BCUT2D eigenvalue weighted by molar-refractivity contribution is 0.928. The van der Waals surface area contributed by atoms with Crippen LogP contribution >= 0.6 is 12.6 Å². The summed E-state index contributed by atoms with van der Waals surface area (Å²) < 4.78 is 0. The molecule has 1 nitrogen and oxygen atoms in total. The number of rotatable bonds is 4. The predicted molar refractivity (Wildman–Crippen MR) is 59.4 cm³/mol. The third kappa shape index (κ3) is 5.30. The van der Waals surface area contributed by atoms with Gasteiger partial charge in [-0.15, -0.1) is 12.6 Å². The third-order valence-corrected chi connectivity index (χ3v) is 2.39. The third-order valence-electron chi connectivity index (χ3n) is 1.72. The molecule has 0 aliphatic heterocycles. The summed E-state index contributed by atoms with van der Waals surface area (Å²) in [6.45, 7) is 6.32. The van der Waals surface area contributed by atoms with Gasteiger partial charge in [0.2, 0.25) is 0 Å². The minimum absolute atomic E-state index is 1.05. The molecule has 0 aliphatic rings. The lowest BCUT2D eigenvalue weighted by Gasteiger charge is -2.03. The van der Waals surface area contributed by atoms with Gasteiger partial charge in [0.05, 0.1) is 0 Å². The molecule has 0 aromatic carbocycles. The van der Waals surface area contributed by atoms with Crippen LogP contribution in [0.15, 0.2) is 22.3 Å². The highest BCUT2D eigenvalue weighted by Gasteiger charge is 1.94. The van der Waals surface area contributed by atoms with Crippen molar-refractivity contribution in [1.29, 1.82) is 0 Å². The monoisotopic (exact) mass is 185 g/mol. The number of hydrogen-bond acceptors (Lipinski definition) is 2. The molecule has 0 fully saturated rings. The van der Waals surface area contributed by atoms with E-state index in [1.54, 1.807) is 0 Å². The Morgan fingerprint density at radius 2 is 1.83 bits per heavy atom. The second kappa shape index (κ2) is 6.18. The molecule has 0 aromatic rings. The van der Waals surface area contributed by atoms with Crippen molar-refractivity contribution in [2.24, 2.45) is 0 Å². The van der Waals surface area contributed by atoms with Crippen molar-refractivity contribution in [2.45, 2.75) is 33.6 Å². The highest BCUT2D eigenvalue weighted by Crippen LogP contribution is 2.17. The van der Waals surface area contributed by atoms with Crippen molar-refractivity contribution in [3.05, 3.63) is 22.3 Å². The smallest absolute Gasteiger partial charge is 0.00276 e. The first-order valence-corrected chi connectivity index (χ1v) is 4.71. The Bertz CT molecular complexity index is 188. The van der Waals surface area contributed by atoms with Gasteiger partial charge in [-0.25, -0.2) is 0 Å². The van der Waals surface area contributed by atoms with E-state index in [0.717, 1.165) is 12.8 Å². The van der Waals surface area contributed by atoms with Crippen LogP contribution in [0.2, 0.25) is 0 Å². The summed E-state index contributed by atoms with van der Waals surface area (Å²) in [6.07, 6.45) is 4.17. The molecule has 1 N–H and O–H groups in total. The molecule has 0 rings (SSSR count). The zero-order chi connectivity index (χ0) is 9.56. The van der Waals surface area contributed by atoms with E-state index in [9.17, 15) is 0 Å². The van der Waals surface area contributed by atoms with E-state index in [1.807, 2.05) is 13.2 Å². The molecule has 0 aromatic heterocycles. The molecule has 0 bridgehead atoms. The Hall–Kier alpha value is -0.370. The van der Waals surface area contributed by atoms with E-state index in [0.29, 0.717) is 0 Å². The number of thiol groups is 1. The molecule has 0 unspecified atom stereocenters. The summed E-state index contributed by atoms with van der Waals surface area (Å²) in [5.74, 6) is 0. The molecular formula is C10H19NS. The molecule has 0 atom stereocenters. The van der Waals surface area contributed by atoms with Crippen LogP contribution in [0.4, 0.5) is 0 Å². The molecule has 0 amide bonds. The van der Waals surface area contributed by atoms with Crippen LogP contribution in [0.1, 0.15) is 33.6 Å². The van der Waals surface area contributed by atoms with Crippen LogP contribution in [-0.2, 0) is 0 Å². The van der Waals surface area contributed by atoms with Crippen LogP contribution in [0, 0.1) is 0 Å². The number of allylic oxidation sites excluding steroid dienone is 3. The minimum Gasteiger partial charge on any atom is -0.394 e. The fourth-order valence-electron chi connectivity index (χ4n) is 0.884. The van der Waals surface area contributed by atoms with E-state index < -0.39 is 0 Å². The van der Waals surface area contributed by atoms with Crippen molar-refractivity contribution in [1.82, 2.24) is 5.32 Å². The Labute approximate surface area is 81.3 Å². The Kier molecular flexibility index (Phi) is 5.99. The van der Waals surface area contributed by atoms with Gasteiger partial charge in [-0.05, 0) is 44.7 Å². The van der Waals surface area contributed by atoms with Crippen molar-refractivity contribution in [3.8, 4) is 0 Å². The zero-order valence-electron chi connectivity index (χ0n) is 8.44. The number of hydrogen-bond donors (Lipinski definition) is 2. The summed E-state index contributed by atoms with van der Waals surface area (Å²) in [7, 11) is 1.92. The fraction of sp³-hybridized carbons (Fsp3) is 0.600. The van der Waals surface area contributed by atoms with E-state index in [-0.39, 0.29) is 0 Å². The topological polar surface area (TPSA) is 12.0 Å². The van der Waals surface area contributed by atoms with Crippen molar-refractivity contribution in [2.75, 3.05) is 7.05 Å². The van der Waals surface area contributed by atoms with Crippen LogP contribution in [0.25, 0.3) is 0 Å². The lowest BCUT2D eigenvalue weighted by Crippen LogP contribution is -1.94. The molecule has 0 aliphatic carbocycles. The summed E-state index contributed by atoms with van der Waals surface area (Å²) in [4.78, 5) is 1.21. The van der Waals surface area contributed by atoms with E-state index in [1.165, 1.54) is 16.1 Å². The normalized spacial score (nSPS) is 11.2. The largest absolute Gasteiger partial charge is 0.394 e. The Morgan fingerprint density at radius 3 is 2.25 bits per heavy atom. The predicted octanol–water partition coefficient (Wildman–Crippen LogP) is 3.11. The Balaban J connectivity index is 3.84. The molecule has 2 heteroatoms. The number of nitrogens with one attached hydrogen (secondary N) is 1. The lowest BCUT2D eigenvalue weighted by atomic mass is 10.1. The highest BCUT2D eigenvalue weighted by atomic mass is 32.1. The van der Waals surface area contributed by atoms with Gasteiger partial charge in [0, 0.05) is 7.05 Å². The second-order valence-corrected chi connectivity index (χ2v) is 3.77. The summed E-state index contributed by atoms with van der Waals surface area (Å²) in [5.41, 5.74) is 2.68. The van der Waals surface area contributed by atoms with Crippen LogP contribution < -0.4 is 5.32 Å². The Morgan fingerprint density at radius 1 is 1.25 bits per heavy atom. The maximum atomic E-state index is 4.40. The van der Waals surface area contributed by atoms with Crippen LogP contribution in [-0.4, -0.2) is 7.05 Å². The van der Waals surface area contributed by atoms with Crippen molar-refractivity contribution >= 4 is 12.6 Å². The van der Waals surface area contributed by atoms with Crippen LogP contribution in [0.3, 0.4) is 0 Å². The zero-order valence-corrected chi connectivity index (χ0v) is 9.33. The molecule has 0 saturated heterocycles. The standard InChI is InChI=1S/C10H19NS/c1-8(2)10(12)6-5-9(3)7-11-4/h7,11-12H,5-6H2,1-4H3/b9-7+. The minimum atomic E-state index is 1.05. The molecule has 70 valence electrons. The molecule has 12 heavy (non-hydrogen) atoms.